The molecule has 1 aliphatic rings. The fourth-order valence-electron chi connectivity index (χ4n) is 3.49. The highest BCUT2D eigenvalue weighted by atomic mass is 16.5. The van der Waals surface area contributed by atoms with Gasteiger partial charge in [-0.05, 0) is 35.9 Å². The first-order valence-corrected chi connectivity index (χ1v) is 9.83. The van der Waals surface area contributed by atoms with Crippen LogP contribution in [0, 0.1) is 0 Å². The summed E-state index contributed by atoms with van der Waals surface area (Å²) in [5.41, 5.74) is 2.65. The third-order valence-electron chi connectivity index (χ3n) is 5.18. The van der Waals surface area contributed by atoms with Gasteiger partial charge in [-0.1, -0.05) is 18.2 Å². The second kappa shape index (κ2) is 8.82. The zero-order valence-electron chi connectivity index (χ0n) is 17.1. The number of hydrogen-bond donors (Lipinski definition) is 0. The molecule has 0 unspecified atom stereocenters. The van der Waals surface area contributed by atoms with Crippen LogP contribution in [-0.4, -0.2) is 61.2 Å². The summed E-state index contributed by atoms with van der Waals surface area (Å²) in [4.78, 5) is 25.8. The quantitative estimate of drug-likeness (QED) is 0.609. The number of rotatable bonds is 5. The third kappa shape index (κ3) is 4.20. The van der Waals surface area contributed by atoms with Crippen LogP contribution in [-0.2, 0) is 4.79 Å². The van der Waals surface area contributed by atoms with Crippen molar-refractivity contribution in [2.24, 2.45) is 0 Å². The molecule has 7 nitrogen and oxygen atoms in total. The minimum Gasteiger partial charge on any atom is -0.493 e. The number of para-hydroxylation sites is 2. The van der Waals surface area contributed by atoms with Crippen LogP contribution >= 0.6 is 0 Å². The van der Waals surface area contributed by atoms with E-state index < -0.39 is 0 Å². The van der Waals surface area contributed by atoms with Gasteiger partial charge in [-0.25, -0.2) is 4.98 Å². The summed E-state index contributed by atoms with van der Waals surface area (Å²) >= 11 is 0. The van der Waals surface area contributed by atoms with Gasteiger partial charge >= 0.3 is 0 Å². The first kappa shape index (κ1) is 19.7. The van der Waals surface area contributed by atoms with Crippen molar-refractivity contribution in [1.29, 1.82) is 0 Å². The summed E-state index contributed by atoms with van der Waals surface area (Å²) < 4.78 is 10.6. The normalized spacial score (nSPS) is 14.3. The van der Waals surface area contributed by atoms with Crippen LogP contribution in [0.3, 0.4) is 0 Å². The van der Waals surface area contributed by atoms with Gasteiger partial charge in [-0.15, -0.1) is 0 Å². The molecule has 1 amide bonds. The molecule has 0 atom stereocenters. The van der Waals surface area contributed by atoms with E-state index in [1.165, 1.54) is 0 Å². The summed E-state index contributed by atoms with van der Waals surface area (Å²) in [7, 11) is 3.19. The standard InChI is InChI=1S/C23H24N4O3/c1-29-20-9-7-17(15-21(20)30-2)8-10-23(28)27-13-11-26(12-14-27)22-16-24-18-5-3-4-6-19(18)25-22/h3-10,15-16H,11-14H2,1-2H3/b10-8+. The van der Waals surface area contributed by atoms with Gasteiger partial charge in [0.1, 0.15) is 5.82 Å². The SMILES string of the molecule is COc1ccc(/C=C/C(=O)N2CCN(c3cnc4ccccc4n3)CC2)cc1OC. The molecular weight excluding hydrogens is 380 g/mol. The number of methoxy groups -OCH3 is 2. The minimum atomic E-state index is -0.00553. The number of nitrogens with zero attached hydrogens (tertiary/aromatic N) is 4. The van der Waals surface area contributed by atoms with Gasteiger partial charge in [0.2, 0.25) is 5.91 Å². The molecule has 154 valence electrons. The average molecular weight is 404 g/mol. The topological polar surface area (TPSA) is 67.8 Å². The molecule has 0 spiro atoms. The number of carbonyl (C=O) groups is 1. The fraction of sp³-hybridized carbons (Fsp3) is 0.261. The first-order valence-electron chi connectivity index (χ1n) is 9.83. The Balaban J connectivity index is 1.37. The van der Waals surface area contributed by atoms with Crippen molar-refractivity contribution in [3.05, 3.63) is 60.3 Å². The maximum absolute atomic E-state index is 12.6. The van der Waals surface area contributed by atoms with Crippen LogP contribution in [0.5, 0.6) is 11.5 Å². The van der Waals surface area contributed by atoms with Crippen LogP contribution in [0.1, 0.15) is 5.56 Å². The number of ether oxygens (including phenoxy) is 2. The molecule has 0 N–H and O–H groups in total. The highest BCUT2D eigenvalue weighted by Gasteiger charge is 2.21. The summed E-state index contributed by atoms with van der Waals surface area (Å²) in [6, 6.07) is 13.4. The van der Waals surface area contributed by atoms with Crippen LogP contribution < -0.4 is 14.4 Å². The Labute approximate surface area is 175 Å². The Morgan fingerprint density at radius 2 is 1.70 bits per heavy atom. The summed E-state index contributed by atoms with van der Waals surface area (Å²) in [6.07, 6.45) is 5.20. The number of carbonyl (C=O) groups excluding carboxylic acids is 1. The summed E-state index contributed by atoms with van der Waals surface area (Å²) in [6.45, 7) is 2.74. The molecule has 4 rings (SSSR count). The number of benzene rings is 2. The molecule has 2 heterocycles. The smallest absolute Gasteiger partial charge is 0.246 e. The molecule has 0 saturated carbocycles. The predicted octanol–water partition coefficient (Wildman–Crippen LogP) is 3.01. The van der Waals surface area contributed by atoms with Crippen LogP contribution in [0.25, 0.3) is 17.1 Å². The van der Waals surface area contributed by atoms with Crippen molar-refractivity contribution < 1.29 is 14.3 Å². The van der Waals surface area contributed by atoms with Gasteiger partial charge in [0, 0.05) is 32.3 Å². The molecule has 0 aliphatic carbocycles. The highest BCUT2D eigenvalue weighted by Crippen LogP contribution is 2.28. The number of fused-ring (bicyclic) bond motifs is 1. The molecular formula is C23H24N4O3. The van der Waals surface area contributed by atoms with Crippen LogP contribution in [0.2, 0.25) is 0 Å². The van der Waals surface area contributed by atoms with E-state index in [0.717, 1.165) is 35.5 Å². The lowest BCUT2D eigenvalue weighted by Gasteiger charge is -2.34. The monoisotopic (exact) mass is 404 g/mol. The zero-order valence-corrected chi connectivity index (χ0v) is 17.1. The Bertz CT molecular complexity index is 1070. The second-order valence-corrected chi connectivity index (χ2v) is 6.98. The third-order valence-corrected chi connectivity index (χ3v) is 5.18. The molecule has 1 aromatic heterocycles. The number of aromatic nitrogens is 2. The molecule has 7 heteroatoms. The molecule has 0 bridgehead atoms. The maximum atomic E-state index is 12.6. The lowest BCUT2D eigenvalue weighted by molar-refractivity contribution is -0.126. The second-order valence-electron chi connectivity index (χ2n) is 6.98. The molecule has 1 fully saturated rings. The lowest BCUT2D eigenvalue weighted by atomic mass is 10.2. The largest absolute Gasteiger partial charge is 0.493 e. The Morgan fingerprint density at radius 1 is 0.967 bits per heavy atom. The predicted molar refractivity (Wildman–Crippen MR) is 117 cm³/mol. The van der Waals surface area contributed by atoms with E-state index in [9.17, 15) is 4.79 Å². The van der Waals surface area contributed by atoms with Gasteiger partial charge in [0.05, 0.1) is 31.4 Å². The molecule has 1 aliphatic heterocycles. The van der Waals surface area contributed by atoms with E-state index in [0.29, 0.717) is 24.6 Å². The van der Waals surface area contributed by atoms with Crippen molar-refractivity contribution >= 4 is 28.8 Å². The van der Waals surface area contributed by atoms with E-state index in [2.05, 4.69) is 9.88 Å². The van der Waals surface area contributed by atoms with Gasteiger partial charge in [0.15, 0.2) is 11.5 Å². The Hall–Kier alpha value is -3.61. The average Bonchev–Trinajstić information content (AvgIpc) is 2.82. The highest BCUT2D eigenvalue weighted by molar-refractivity contribution is 5.92. The van der Waals surface area contributed by atoms with E-state index in [-0.39, 0.29) is 5.91 Å². The van der Waals surface area contributed by atoms with E-state index in [1.54, 1.807) is 32.6 Å². The number of hydrogen-bond acceptors (Lipinski definition) is 6. The van der Waals surface area contributed by atoms with Crippen molar-refractivity contribution in [2.75, 3.05) is 45.3 Å². The molecule has 0 radical (unpaired) electrons. The Morgan fingerprint density at radius 3 is 2.43 bits per heavy atom. The molecule has 30 heavy (non-hydrogen) atoms. The number of piperazine rings is 1. The lowest BCUT2D eigenvalue weighted by Crippen LogP contribution is -2.48. The van der Waals surface area contributed by atoms with Crippen LogP contribution in [0.4, 0.5) is 5.82 Å². The Kier molecular flexibility index (Phi) is 5.79. The summed E-state index contributed by atoms with van der Waals surface area (Å²) in [5, 5.41) is 0. The van der Waals surface area contributed by atoms with Crippen molar-refractivity contribution in [1.82, 2.24) is 14.9 Å². The van der Waals surface area contributed by atoms with Crippen molar-refractivity contribution in [3.8, 4) is 11.5 Å². The molecule has 3 aromatic rings. The molecule has 1 saturated heterocycles. The maximum Gasteiger partial charge on any atom is 0.246 e. The van der Waals surface area contributed by atoms with Crippen molar-refractivity contribution in [2.45, 2.75) is 0 Å². The zero-order chi connectivity index (χ0) is 20.9. The first-order chi connectivity index (χ1) is 14.7. The van der Waals surface area contributed by atoms with Gasteiger partial charge in [-0.3, -0.25) is 9.78 Å². The van der Waals surface area contributed by atoms with Crippen LogP contribution in [0.15, 0.2) is 54.7 Å². The number of anilines is 1. The van der Waals surface area contributed by atoms with Gasteiger partial charge < -0.3 is 19.3 Å². The van der Waals surface area contributed by atoms with E-state index >= 15 is 0 Å². The van der Waals surface area contributed by atoms with Crippen molar-refractivity contribution in [3.63, 3.8) is 0 Å². The van der Waals surface area contributed by atoms with E-state index in [1.807, 2.05) is 47.4 Å². The fourth-order valence-corrected chi connectivity index (χ4v) is 3.49. The number of amides is 1. The van der Waals surface area contributed by atoms with Gasteiger partial charge in [0.25, 0.3) is 0 Å². The molecule has 2 aromatic carbocycles. The van der Waals surface area contributed by atoms with E-state index in [4.69, 9.17) is 14.5 Å². The van der Waals surface area contributed by atoms with Gasteiger partial charge in [-0.2, -0.15) is 0 Å². The summed E-state index contributed by atoms with van der Waals surface area (Å²) in [5.74, 6) is 2.14. The minimum absolute atomic E-state index is 0.00553.